The average Bonchev–Trinajstić information content (AvgIpc) is 3.10. The standard InChI is InChI=1S/C26H26N2O3/c1-31-23-14-12-22(13-15-23)28-18-20(16-19-8-4-2-5-9-19)24(26(28)30)17-25(29)27-21-10-6-3-7-11-21/h2-15,20,24H,16-18H2,1H3,(H,27,29)/t20-,24+/m0/s1. The van der Waals surface area contributed by atoms with Crippen LogP contribution in [0.4, 0.5) is 11.4 Å². The van der Waals surface area contributed by atoms with Gasteiger partial charge in [0.05, 0.1) is 13.0 Å². The number of hydrogen-bond acceptors (Lipinski definition) is 3. The number of carbonyl (C=O) groups excluding carboxylic acids is 2. The Bertz CT molecular complexity index is 1020. The number of hydrogen-bond donors (Lipinski definition) is 1. The van der Waals surface area contributed by atoms with Crippen molar-refractivity contribution in [2.75, 3.05) is 23.9 Å². The van der Waals surface area contributed by atoms with E-state index in [0.29, 0.717) is 6.54 Å². The third kappa shape index (κ3) is 4.94. The second-order valence-electron chi connectivity index (χ2n) is 7.82. The fraction of sp³-hybridized carbons (Fsp3) is 0.231. The van der Waals surface area contributed by atoms with Gasteiger partial charge in [-0.05, 0) is 54.3 Å². The summed E-state index contributed by atoms with van der Waals surface area (Å²) in [6.07, 6.45) is 0.917. The van der Waals surface area contributed by atoms with Crippen molar-refractivity contribution in [3.63, 3.8) is 0 Å². The molecule has 4 rings (SSSR count). The molecule has 2 atom stereocenters. The second-order valence-corrected chi connectivity index (χ2v) is 7.82. The SMILES string of the molecule is COc1ccc(N2C[C@H](Cc3ccccc3)[C@@H](CC(=O)Nc3ccccc3)C2=O)cc1. The molecule has 3 aromatic carbocycles. The van der Waals surface area contributed by atoms with Gasteiger partial charge in [0, 0.05) is 24.3 Å². The van der Waals surface area contributed by atoms with Crippen LogP contribution in [0.3, 0.4) is 0 Å². The van der Waals surface area contributed by atoms with Gasteiger partial charge in [-0.15, -0.1) is 0 Å². The molecular weight excluding hydrogens is 388 g/mol. The third-order valence-electron chi connectivity index (χ3n) is 5.76. The van der Waals surface area contributed by atoms with Gasteiger partial charge in [0.1, 0.15) is 5.75 Å². The van der Waals surface area contributed by atoms with Gasteiger partial charge in [0.25, 0.3) is 0 Å². The summed E-state index contributed by atoms with van der Waals surface area (Å²) in [7, 11) is 1.62. The van der Waals surface area contributed by atoms with Gasteiger partial charge in [-0.3, -0.25) is 9.59 Å². The molecule has 2 amide bonds. The highest BCUT2D eigenvalue weighted by Gasteiger charge is 2.41. The van der Waals surface area contributed by atoms with Gasteiger partial charge in [-0.1, -0.05) is 48.5 Å². The molecule has 1 saturated heterocycles. The zero-order valence-corrected chi connectivity index (χ0v) is 17.5. The lowest BCUT2D eigenvalue weighted by atomic mass is 9.87. The summed E-state index contributed by atoms with van der Waals surface area (Å²) in [5, 5.41) is 2.92. The minimum atomic E-state index is -0.369. The fourth-order valence-corrected chi connectivity index (χ4v) is 4.16. The number of nitrogens with one attached hydrogen (secondary N) is 1. The Kier molecular flexibility index (Phi) is 6.32. The van der Waals surface area contributed by atoms with Gasteiger partial charge in [0.15, 0.2) is 0 Å². The van der Waals surface area contributed by atoms with E-state index in [4.69, 9.17) is 4.74 Å². The quantitative estimate of drug-likeness (QED) is 0.617. The van der Waals surface area contributed by atoms with E-state index in [9.17, 15) is 9.59 Å². The zero-order chi connectivity index (χ0) is 21.6. The molecule has 0 unspecified atom stereocenters. The predicted octanol–water partition coefficient (Wildman–Crippen LogP) is 4.55. The van der Waals surface area contributed by atoms with Crippen molar-refractivity contribution in [2.45, 2.75) is 12.8 Å². The van der Waals surface area contributed by atoms with Crippen molar-refractivity contribution in [2.24, 2.45) is 11.8 Å². The highest BCUT2D eigenvalue weighted by atomic mass is 16.5. The lowest BCUT2D eigenvalue weighted by Gasteiger charge is -2.17. The van der Waals surface area contributed by atoms with E-state index in [1.807, 2.05) is 72.8 Å². The molecule has 0 spiro atoms. The maximum absolute atomic E-state index is 13.4. The minimum Gasteiger partial charge on any atom is -0.497 e. The van der Waals surface area contributed by atoms with Crippen LogP contribution in [0.1, 0.15) is 12.0 Å². The summed E-state index contributed by atoms with van der Waals surface area (Å²) in [6, 6.07) is 27.0. The normalized spacial score (nSPS) is 18.1. The summed E-state index contributed by atoms with van der Waals surface area (Å²) < 4.78 is 5.23. The van der Waals surface area contributed by atoms with Crippen molar-refractivity contribution < 1.29 is 14.3 Å². The van der Waals surface area contributed by atoms with Crippen molar-refractivity contribution in [3.8, 4) is 5.75 Å². The summed E-state index contributed by atoms with van der Waals surface area (Å²) in [5.41, 5.74) is 2.74. The van der Waals surface area contributed by atoms with Crippen molar-refractivity contribution in [3.05, 3.63) is 90.5 Å². The lowest BCUT2D eigenvalue weighted by Crippen LogP contribution is -2.29. The average molecular weight is 415 g/mol. The van der Waals surface area contributed by atoms with E-state index in [0.717, 1.165) is 23.5 Å². The third-order valence-corrected chi connectivity index (χ3v) is 5.76. The number of nitrogens with zero attached hydrogens (tertiary/aromatic N) is 1. The Morgan fingerprint density at radius 2 is 1.61 bits per heavy atom. The Balaban J connectivity index is 1.54. The number of para-hydroxylation sites is 1. The van der Waals surface area contributed by atoms with Crippen LogP contribution < -0.4 is 15.0 Å². The molecule has 0 saturated carbocycles. The van der Waals surface area contributed by atoms with Gasteiger partial charge >= 0.3 is 0 Å². The highest BCUT2D eigenvalue weighted by Crippen LogP contribution is 2.34. The van der Waals surface area contributed by atoms with E-state index >= 15 is 0 Å². The van der Waals surface area contributed by atoms with E-state index in [2.05, 4.69) is 17.4 Å². The van der Waals surface area contributed by atoms with Crippen LogP contribution in [0.25, 0.3) is 0 Å². The molecule has 0 bridgehead atoms. The summed E-state index contributed by atoms with van der Waals surface area (Å²) in [5.74, 6) is 0.285. The topological polar surface area (TPSA) is 58.6 Å². The maximum atomic E-state index is 13.4. The molecule has 1 fully saturated rings. The smallest absolute Gasteiger partial charge is 0.230 e. The van der Waals surface area contributed by atoms with Crippen molar-refractivity contribution in [1.29, 1.82) is 0 Å². The highest BCUT2D eigenvalue weighted by molar-refractivity contribution is 6.01. The van der Waals surface area contributed by atoms with Crippen LogP contribution in [0.5, 0.6) is 5.75 Å². The number of amides is 2. The number of ether oxygens (including phenoxy) is 1. The second kappa shape index (κ2) is 9.47. The number of benzene rings is 3. The molecule has 0 radical (unpaired) electrons. The Morgan fingerprint density at radius 3 is 2.26 bits per heavy atom. The Hall–Kier alpha value is -3.60. The van der Waals surface area contributed by atoms with Crippen LogP contribution in [0, 0.1) is 11.8 Å². The molecule has 0 aliphatic carbocycles. The number of methoxy groups -OCH3 is 1. The molecule has 1 heterocycles. The molecule has 1 aliphatic heterocycles. The molecule has 3 aromatic rings. The number of rotatable bonds is 7. The molecule has 5 nitrogen and oxygen atoms in total. The van der Waals surface area contributed by atoms with E-state index in [-0.39, 0.29) is 30.1 Å². The van der Waals surface area contributed by atoms with Gasteiger partial charge < -0.3 is 15.0 Å². The molecule has 0 aromatic heterocycles. The van der Waals surface area contributed by atoms with E-state index in [1.165, 1.54) is 5.56 Å². The van der Waals surface area contributed by atoms with Crippen LogP contribution in [-0.2, 0) is 16.0 Å². The van der Waals surface area contributed by atoms with Crippen molar-refractivity contribution >= 4 is 23.2 Å². The van der Waals surface area contributed by atoms with Gasteiger partial charge in [-0.25, -0.2) is 0 Å². The first kappa shape index (κ1) is 20.7. The molecule has 31 heavy (non-hydrogen) atoms. The monoisotopic (exact) mass is 414 g/mol. The van der Waals surface area contributed by atoms with Crippen LogP contribution >= 0.6 is 0 Å². The maximum Gasteiger partial charge on any atom is 0.230 e. The molecule has 1 N–H and O–H groups in total. The number of anilines is 2. The molecule has 1 aliphatic rings. The first-order valence-corrected chi connectivity index (χ1v) is 10.5. The fourth-order valence-electron chi connectivity index (χ4n) is 4.16. The molecule has 5 heteroatoms. The predicted molar refractivity (Wildman–Crippen MR) is 122 cm³/mol. The Labute approximate surface area is 182 Å². The lowest BCUT2D eigenvalue weighted by molar-refractivity contribution is -0.125. The number of carbonyl (C=O) groups is 2. The Morgan fingerprint density at radius 1 is 0.968 bits per heavy atom. The van der Waals surface area contributed by atoms with Gasteiger partial charge in [0.2, 0.25) is 11.8 Å². The zero-order valence-electron chi connectivity index (χ0n) is 17.5. The summed E-state index contributed by atoms with van der Waals surface area (Å²) >= 11 is 0. The summed E-state index contributed by atoms with van der Waals surface area (Å²) in [6.45, 7) is 0.587. The van der Waals surface area contributed by atoms with Crippen LogP contribution in [-0.4, -0.2) is 25.5 Å². The molecule has 158 valence electrons. The first-order chi connectivity index (χ1) is 15.1. The largest absolute Gasteiger partial charge is 0.497 e. The summed E-state index contributed by atoms with van der Waals surface area (Å²) in [4.78, 5) is 27.9. The molecular formula is C26H26N2O3. The first-order valence-electron chi connectivity index (χ1n) is 10.5. The van der Waals surface area contributed by atoms with Crippen LogP contribution in [0.2, 0.25) is 0 Å². The minimum absolute atomic E-state index is 0.00527. The van der Waals surface area contributed by atoms with Gasteiger partial charge in [-0.2, -0.15) is 0 Å². The van der Waals surface area contributed by atoms with E-state index < -0.39 is 0 Å². The van der Waals surface area contributed by atoms with E-state index in [1.54, 1.807) is 12.0 Å². The van der Waals surface area contributed by atoms with Crippen LogP contribution in [0.15, 0.2) is 84.9 Å². The van der Waals surface area contributed by atoms with Crippen molar-refractivity contribution in [1.82, 2.24) is 0 Å².